The van der Waals surface area contributed by atoms with Crippen LogP contribution in [0.25, 0.3) is 0 Å². The third-order valence-electron chi connectivity index (χ3n) is 7.15. The van der Waals surface area contributed by atoms with Gasteiger partial charge in [-0.25, -0.2) is 0 Å². The number of aliphatic hydroxyl groups is 1. The van der Waals surface area contributed by atoms with Crippen LogP contribution in [0.3, 0.4) is 0 Å². The molecule has 1 saturated heterocycles. The normalized spacial score (nSPS) is 28.5. The lowest BCUT2D eigenvalue weighted by Gasteiger charge is -2.36. The predicted molar refractivity (Wildman–Crippen MR) is 117 cm³/mol. The van der Waals surface area contributed by atoms with E-state index in [1.54, 1.807) is 0 Å². The van der Waals surface area contributed by atoms with Crippen LogP contribution in [0.2, 0.25) is 0 Å². The van der Waals surface area contributed by atoms with E-state index in [1.165, 1.54) is 5.56 Å². The monoisotopic (exact) mass is 410 g/mol. The van der Waals surface area contributed by atoms with Gasteiger partial charge < -0.3 is 15.3 Å². The molecule has 5 heteroatoms. The highest BCUT2D eigenvalue weighted by atomic mass is 16.3. The number of likely N-dealkylation sites (tertiary alicyclic amines) is 1. The average molecular weight is 411 g/mol. The van der Waals surface area contributed by atoms with Gasteiger partial charge in [0.2, 0.25) is 11.8 Å². The highest BCUT2D eigenvalue weighted by Crippen LogP contribution is 2.37. The number of rotatable bonds is 7. The first kappa shape index (κ1) is 21.1. The van der Waals surface area contributed by atoms with Crippen LogP contribution in [0.4, 0.5) is 0 Å². The number of allylic oxidation sites excluding steroid dienone is 2. The Morgan fingerprint density at radius 3 is 2.43 bits per heavy atom. The van der Waals surface area contributed by atoms with Gasteiger partial charge in [-0.1, -0.05) is 42.5 Å². The molecule has 0 unspecified atom stereocenters. The first-order valence-electron chi connectivity index (χ1n) is 11.6. The SMILES string of the molecule is O=C(N[C@H]1C[C@H]2CN(C(=O)CCCCc3ccccc3)C[C@H]2C[C@@H]1O)C1CC=CC1. The van der Waals surface area contributed by atoms with Crippen LogP contribution in [0.15, 0.2) is 42.5 Å². The molecule has 1 aliphatic heterocycles. The maximum Gasteiger partial charge on any atom is 0.224 e. The highest BCUT2D eigenvalue weighted by Gasteiger charge is 2.43. The minimum Gasteiger partial charge on any atom is -0.391 e. The quantitative estimate of drug-likeness (QED) is 0.536. The van der Waals surface area contributed by atoms with E-state index in [2.05, 4.69) is 41.7 Å². The molecule has 1 heterocycles. The van der Waals surface area contributed by atoms with Crippen molar-refractivity contribution in [1.29, 1.82) is 0 Å². The van der Waals surface area contributed by atoms with Crippen LogP contribution in [-0.2, 0) is 16.0 Å². The lowest BCUT2D eigenvalue weighted by molar-refractivity contribution is -0.130. The summed E-state index contributed by atoms with van der Waals surface area (Å²) in [5.74, 6) is 1.06. The van der Waals surface area contributed by atoms with Gasteiger partial charge >= 0.3 is 0 Å². The number of amides is 2. The van der Waals surface area contributed by atoms with Gasteiger partial charge in [0.15, 0.2) is 0 Å². The van der Waals surface area contributed by atoms with Gasteiger partial charge in [-0.15, -0.1) is 0 Å². The second-order valence-corrected chi connectivity index (χ2v) is 9.31. The van der Waals surface area contributed by atoms with Crippen molar-refractivity contribution in [3.63, 3.8) is 0 Å². The average Bonchev–Trinajstić information content (AvgIpc) is 3.42. The molecule has 2 amide bonds. The molecule has 3 aliphatic rings. The second-order valence-electron chi connectivity index (χ2n) is 9.31. The molecule has 1 saturated carbocycles. The van der Waals surface area contributed by atoms with Gasteiger partial charge in [-0.2, -0.15) is 0 Å². The number of nitrogens with one attached hydrogen (secondary N) is 1. The molecule has 2 fully saturated rings. The number of hydrogen-bond acceptors (Lipinski definition) is 3. The summed E-state index contributed by atoms with van der Waals surface area (Å²) < 4.78 is 0. The molecule has 2 N–H and O–H groups in total. The Balaban J connectivity index is 1.21. The molecule has 0 bridgehead atoms. The molecule has 2 aliphatic carbocycles. The highest BCUT2D eigenvalue weighted by molar-refractivity contribution is 5.80. The fraction of sp³-hybridized carbons (Fsp3) is 0.600. The summed E-state index contributed by atoms with van der Waals surface area (Å²) >= 11 is 0. The molecular weight excluding hydrogens is 376 g/mol. The molecule has 5 nitrogen and oxygen atoms in total. The molecule has 4 atom stereocenters. The molecule has 0 spiro atoms. The van der Waals surface area contributed by atoms with E-state index in [-0.39, 0.29) is 23.8 Å². The lowest BCUT2D eigenvalue weighted by atomic mass is 9.77. The van der Waals surface area contributed by atoms with E-state index in [1.807, 2.05) is 11.0 Å². The van der Waals surface area contributed by atoms with Crippen molar-refractivity contribution in [2.75, 3.05) is 13.1 Å². The van der Waals surface area contributed by atoms with Gasteiger partial charge in [-0.05, 0) is 62.3 Å². The van der Waals surface area contributed by atoms with Crippen molar-refractivity contribution in [2.45, 2.75) is 63.5 Å². The molecule has 30 heavy (non-hydrogen) atoms. The van der Waals surface area contributed by atoms with E-state index in [0.717, 1.165) is 51.6 Å². The number of hydrogen-bond donors (Lipinski definition) is 2. The van der Waals surface area contributed by atoms with Crippen molar-refractivity contribution in [3.8, 4) is 0 Å². The minimum atomic E-state index is -0.509. The largest absolute Gasteiger partial charge is 0.391 e. The Labute approximate surface area is 179 Å². The molecule has 1 aromatic rings. The van der Waals surface area contributed by atoms with Crippen molar-refractivity contribution < 1.29 is 14.7 Å². The Morgan fingerprint density at radius 1 is 1.00 bits per heavy atom. The van der Waals surface area contributed by atoms with E-state index >= 15 is 0 Å². The summed E-state index contributed by atoms with van der Waals surface area (Å²) in [6.07, 6.45) is 10.2. The summed E-state index contributed by atoms with van der Waals surface area (Å²) in [7, 11) is 0. The summed E-state index contributed by atoms with van der Waals surface area (Å²) in [5.41, 5.74) is 1.33. The molecule has 1 aromatic carbocycles. The number of fused-ring (bicyclic) bond motifs is 1. The van der Waals surface area contributed by atoms with Crippen molar-refractivity contribution in [3.05, 3.63) is 48.0 Å². The van der Waals surface area contributed by atoms with Gasteiger partial charge in [-0.3, -0.25) is 9.59 Å². The summed E-state index contributed by atoms with van der Waals surface area (Å²) in [6, 6.07) is 10.2. The first-order chi connectivity index (χ1) is 14.6. The zero-order valence-electron chi connectivity index (χ0n) is 17.7. The third-order valence-corrected chi connectivity index (χ3v) is 7.15. The zero-order chi connectivity index (χ0) is 20.9. The third kappa shape index (κ3) is 5.12. The van der Waals surface area contributed by atoms with E-state index < -0.39 is 6.10 Å². The Hall–Kier alpha value is -2.14. The van der Waals surface area contributed by atoms with Crippen LogP contribution in [0.1, 0.15) is 50.5 Å². The number of carbonyl (C=O) groups is 2. The van der Waals surface area contributed by atoms with Gasteiger partial charge in [0.1, 0.15) is 0 Å². The maximum atomic E-state index is 12.7. The smallest absolute Gasteiger partial charge is 0.224 e. The van der Waals surface area contributed by atoms with E-state index in [0.29, 0.717) is 24.7 Å². The number of nitrogens with zero attached hydrogens (tertiary/aromatic N) is 1. The lowest BCUT2D eigenvalue weighted by Crippen LogP contribution is -2.50. The van der Waals surface area contributed by atoms with Crippen LogP contribution in [0, 0.1) is 17.8 Å². The Bertz CT molecular complexity index is 755. The molecule has 4 rings (SSSR count). The molecular formula is C25H34N2O3. The van der Waals surface area contributed by atoms with E-state index in [9.17, 15) is 14.7 Å². The summed E-state index contributed by atoms with van der Waals surface area (Å²) in [6.45, 7) is 1.53. The van der Waals surface area contributed by atoms with Crippen molar-refractivity contribution in [2.24, 2.45) is 17.8 Å². The van der Waals surface area contributed by atoms with E-state index in [4.69, 9.17) is 0 Å². The van der Waals surface area contributed by atoms with Gasteiger partial charge in [0, 0.05) is 25.4 Å². The first-order valence-corrected chi connectivity index (χ1v) is 11.6. The van der Waals surface area contributed by atoms with Crippen LogP contribution >= 0.6 is 0 Å². The fourth-order valence-corrected chi connectivity index (χ4v) is 5.33. The van der Waals surface area contributed by atoms with Crippen molar-refractivity contribution in [1.82, 2.24) is 10.2 Å². The van der Waals surface area contributed by atoms with Crippen LogP contribution in [-0.4, -0.2) is 47.1 Å². The Kier molecular flexibility index (Phi) is 6.88. The number of benzene rings is 1. The number of aryl methyl sites for hydroxylation is 1. The topological polar surface area (TPSA) is 69.6 Å². The predicted octanol–water partition coefficient (Wildman–Crippen LogP) is 3.08. The molecule has 0 aromatic heterocycles. The van der Waals surface area contributed by atoms with Crippen LogP contribution < -0.4 is 5.32 Å². The number of aliphatic hydroxyl groups excluding tert-OH is 1. The van der Waals surface area contributed by atoms with Crippen molar-refractivity contribution >= 4 is 11.8 Å². The Morgan fingerprint density at radius 2 is 1.70 bits per heavy atom. The fourth-order valence-electron chi connectivity index (χ4n) is 5.33. The second kappa shape index (κ2) is 9.78. The van der Waals surface area contributed by atoms with Gasteiger partial charge in [0.25, 0.3) is 0 Å². The summed E-state index contributed by atoms with van der Waals surface area (Å²) in [5, 5.41) is 13.7. The maximum absolute atomic E-state index is 12.7. The number of unbranched alkanes of at least 4 members (excludes halogenated alkanes) is 1. The summed E-state index contributed by atoms with van der Waals surface area (Å²) in [4.78, 5) is 27.1. The molecule has 162 valence electrons. The standard InChI is InChI=1S/C25H34N2O3/c28-23-15-21-17-27(24(29)13-7-4-10-18-8-2-1-3-9-18)16-20(21)14-22(23)26-25(30)19-11-5-6-12-19/h1-3,5-6,8-9,19-23,28H,4,7,10-17H2,(H,26,30)/t20-,21+,22-,23-/m0/s1. The van der Waals surface area contributed by atoms with Gasteiger partial charge in [0.05, 0.1) is 12.1 Å². The number of carbonyl (C=O) groups excluding carboxylic acids is 2. The molecule has 0 radical (unpaired) electrons. The van der Waals surface area contributed by atoms with Crippen LogP contribution in [0.5, 0.6) is 0 Å². The zero-order valence-corrected chi connectivity index (χ0v) is 17.7. The minimum absolute atomic E-state index is 0.0208.